The van der Waals surface area contributed by atoms with Gasteiger partial charge < -0.3 is 14.8 Å². The van der Waals surface area contributed by atoms with Gasteiger partial charge in [-0.1, -0.05) is 18.2 Å². The molecular weight excluding hydrogens is 250 g/mol. The van der Waals surface area contributed by atoms with Crippen LogP contribution in [0, 0.1) is 0 Å². The molecule has 1 N–H and O–H groups in total. The number of fused-ring (bicyclic) bond motifs is 1. The molecule has 0 radical (unpaired) electrons. The van der Waals surface area contributed by atoms with E-state index in [4.69, 9.17) is 9.47 Å². The van der Waals surface area contributed by atoms with Gasteiger partial charge >= 0.3 is 0 Å². The molecule has 1 aliphatic rings. The number of ether oxygens (including phenoxy) is 2. The van der Waals surface area contributed by atoms with E-state index in [2.05, 4.69) is 29.6 Å². The first-order chi connectivity index (χ1) is 9.85. The van der Waals surface area contributed by atoms with Crippen LogP contribution >= 0.6 is 0 Å². The van der Waals surface area contributed by atoms with Gasteiger partial charge in [0.25, 0.3) is 0 Å². The Morgan fingerprint density at radius 1 is 1.20 bits per heavy atom. The maximum Gasteiger partial charge on any atom is 0.122 e. The maximum absolute atomic E-state index is 5.52. The van der Waals surface area contributed by atoms with Gasteiger partial charge in [-0.2, -0.15) is 0 Å². The van der Waals surface area contributed by atoms with E-state index in [9.17, 15) is 0 Å². The number of benzene rings is 2. The predicted molar refractivity (Wildman–Crippen MR) is 80.8 cm³/mol. The standard InChI is InChI=1S/C17H19NO2/c1-19-16-4-2-3-15(12-16)18-9-7-13-5-6-17-14(11-13)8-10-20-17/h2-6,11-12,18H,7-10H2,1H3. The summed E-state index contributed by atoms with van der Waals surface area (Å²) in [5.41, 5.74) is 3.78. The second-order valence-corrected chi connectivity index (χ2v) is 4.95. The molecule has 3 nitrogen and oxygen atoms in total. The largest absolute Gasteiger partial charge is 0.497 e. The minimum atomic E-state index is 0.820. The van der Waals surface area contributed by atoms with Crippen LogP contribution in [0.2, 0.25) is 0 Å². The quantitative estimate of drug-likeness (QED) is 0.903. The number of hydrogen-bond acceptors (Lipinski definition) is 3. The van der Waals surface area contributed by atoms with Crippen LogP contribution in [0.5, 0.6) is 11.5 Å². The fourth-order valence-corrected chi connectivity index (χ4v) is 2.48. The van der Waals surface area contributed by atoms with Gasteiger partial charge in [-0.05, 0) is 35.7 Å². The molecule has 0 saturated heterocycles. The van der Waals surface area contributed by atoms with Gasteiger partial charge in [0, 0.05) is 24.7 Å². The summed E-state index contributed by atoms with van der Waals surface area (Å²) in [6, 6.07) is 14.5. The van der Waals surface area contributed by atoms with Gasteiger partial charge in [0.15, 0.2) is 0 Å². The Morgan fingerprint density at radius 3 is 3.05 bits per heavy atom. The van der Waals surface area contributed by atoms with Crippen LogP contribution in [0.3, 0.4) is 0 Å². The predicted octanol–water partition coefficient (Wildman–Crippen LogP) is 3.28. The third-order valence-electron chi connectivity index (χ3n) is 3.57. The topological polar surface area (TPSA) is 30.5 Å². The maximum atomic E-state index is 5.52. The Morgan fingerprint density at radius 2 is 2.15 bits per heavy atom. The zero-order valence-corrected chi connectivity index (χ0v) is 11.7. The summed E-state index contributed by atoms with van der Waals surface area (Å²) in [6.45, 7) is 1.73. The minimum Gasteiger partial charge on any atom is -0.497 e. The first-order valence-corrected chi connectivity index (χ1v) is 6.98. The van der Waals surface area contributed by atoms with Gasteiger partial charge in [0.05, 0.1) is 13.7 Å². The second kappa shape index (κ2) is 5.87. The van der Waals surface area contributed by atoms with Crippen molar-refractivity contribution in [1.82, 2.24) is 0 Å². The monoisotopic (exact) mass is 269 g/mol. The SMILES string of the molecule is COc1cccc(NCCc2ccc3c(c2)CCO3)c1. The number of methoxy groups -OCH3 is 1. The van der Waals surface area contributed by atoms with Crippen LogP contribution in [-0.4, -0.2) is 20.3 Å². The molecule has 20 heavy (non-hydrogen) atoms. The molecule has 104 valence electrons. The molecule has 2 aromatic rings. The highest BCUT2D eigenvalue weighted by molar-refractivity contribution is 5.48. The molecule has 0 spiro atoms. The molecule has 0 atom stereocenters. The molecule has 3 rings (SSSR count). The van der Waals surface area contributed by atoms with Crippen molar-refractivity contribution < 1.29 is 9.47 Å². The summed E-state index contributed by atoms with van der Waals surface area (Å²) >= 11 is 0. The van der Waals surface area contributed by atoms with Crippen molar-refractivity contribution >= 4 is 5.69 Å². The van der Waals surface area contributed by atoms with E-state index in [-0.39, 0.29) is 0 Å². The number of rotatable bonds is 5. The van der Waals surface area contributed by atoms with Crippen molar-refractivity contribution in [3.8, 4) is 11.5 Å². The Hall–Kier alpha value is -2.16. The van der Waals surface area contributed by atoms with E-state index in [1.165, 1.54) is 11.1 Å². The Labute approximate surface area is 119 Å². The lowest BCUT2D eigenvalue weighted by molar-refractivity contribution is 0.357. The summed E-state index contributed by atoms with van der Waals surface area (Å²) in [5.74, 6) is 1.93. The molecule has 0 aromatic heterocycles. The zero-order chi connectivity index (χ0) is 13.8. The molecule has 1 aliphatic heterocycles. The van der Waals surface area contributed by atoms with Crippen LogP contribution in [0.15, 0.2) is 42.5 Å². The third kappa shape index (κ3) is 2.87. The Balaban J connectivity index is 1.57. The average molecular weight is 269 g/mol. The normalized spacial score (nSPS) is 12.7. The number of hydrogen-bond donors (Lipinski definition) is 1. The van der Waals surface area contributed by atoms with Gasteiger partial charge in [0.1, 0.15) is 11.5 Å². The number of anilines is 1. The second-order valence-electron chi connectivity index (χ2n) is 4.95. The van der Waals surface area contributed by atoms with Gasteiger partial charge in [0.2, 0.25) is 0 Å². The molecule has 0 fully saturated rings. The fraction of sp³-hybridized carbons (Fsp3) is 0.294. The molecule has 0 unspecified atom stereocenters. The Bertz CT molecular complexity index is 595. The lowest BCUT2D eigenvalue weighted by atomic mass is 10.1. The van der Waals surface area contributed by atoms with E-state index in [1.54, 1.807) is 7.11 Å². The summed E-state index contributed by atoms with van der Waals surface area (Å²) < 4.78 is 10.7. The summed E-state index contributed by atoms with van der Waals surface area (Å²) in [7, 11) is 1.69. The smallest absolute Gasteiger partial charge is 0.122 e. The van der Waals surface area contributed by atoms with E-state index < -0.39 is 0 Å². The summed E-state index contributed by atoms with van der Waals surface area (Å²) in [4.78, 5) is 0. The first-order valence-electron chi connectivity index (χ1n) is 6.98. The fourth-order valence-electron chi connectivity index (χ4n) is 2.48. The van der Waals surface area contributed by atoms with Crippen LogP contribution in [-0.2, 0) is 12.8 Å². The summed E-state index contributed by atoms with van der Waals surface area (Å²) in [5, 5.41) is 3.42. The highest BCUT2D eigenvalue weighted by atomic mass is 16.5. The molecule has 1 heterocycles. The van der Waals surface area contributed by atoms with Crippen molar-refractivity contribution in [3.63, 3.8) is 0 Å². The summed E-state index contributed by atoms with van der Waals surface area (Å²) in [6.07, 6.45) is 2.04. The van der Waals surface area contributed by atoms with Crippen LogP contribution in [0.1, 0.15) is 11.1 Å². The average Bonchev–Trinajstić information content (AvgIpc) is 2.95. The molecule has 3 heteroatoms. The number of nitrogens with one attached hydrogen (secondary N) is 1. The van der Waals surface area contributed by atoms with E-state index in [1.807, 2.05) is 18.2 Å². The molecule has 0 bridgehead atoms. The van der Waals surface area contributed by atoms with E-state index in [0.29, 0.717) is 0 Å². The molecular formula is C17H19NO2. The van der Waals surface area contributed by atoms with Crippen molar-refractivity contribution in [2.24, 2.45) is 0 Å². The van der Waals surface area contributed by atoms with Crippen molar-refractivity contribution in [1.29, 1.82) is 0 Å². The van der Waals surface area contributed by atoms with Gasteiger partial charge in [-0.3, -0.25) is 0 Å². The molecule has 0 aliphatic carbocycles. The van der Waals surface area contributed by atoms with Gasteiger partial charge in [-0.25, -0.2) is 0 Å². The van der Waals surface area contributed by atoms with Gasteiger partial charge in [-0.15, -0.1) is 0 Å². The van der Waals surface area contributed by atoms with E-state index >= 15 is 0 Å². The van der Waals surface area contributed by atoms with Crippen molar-refractivity contribution in [2.75, 3.05) is 25.6 Å². The van der Waals surface area contributed by atoms with Crippen LogP contribution in [0.25, 0.3) is 0 Å². The highest BCUT2D eigenvalue weighted by Gasteiger charge is 2.11. The zero-order valence-electron chi connectivity index (χ0n) is 11.7. The highest BCUT2D eigenvalue weighted by Crippen LogP contribution is 2.26. The molecule has 2 aromatic carbocycles. The Kier molecular flexibility index (Phi) is 3.77. The molecule has 0 saturated carbocycles. The van der Waals surface area contributed by atoms with Crippen molar-refractivity contribution in [2.45, 2.75) is 12.8 Å². The lowest BCUT2D eigenvalue weighted by Gasteiger charge is -2.09. The van der Waals surface area contributed by atoms with Crippen LogP contribution in [0.4, 0.5) is 5.69 Å². The third-order valence-corrected chi connectivity index (χ3v) is 3.57. The van der Waals surface area contributed by atoms with Crippen LogP contribution < -0.4 is 14.8 Å². The first kappa shape index (κ1) is 12.9. The van der Waals surface area contributed by atoms with E-state index in [0.717, 1.165) is 43.2 Å². The molecule has 0 amide bonds. The minimum absolute atomic E-state index is 0.820. The van der Waals surface area contributed by atoms with Crippen molar-refractivity contribution in [3.05, 3.63) is 53.6 Å². The lowest BCUT2D eigenvalue weighted by Crippen LogP contribution is -2.05.